The molecule has 5 nitrogen and oxygen atoms in total. The van der Waals surface area contributed by atoms with Crippen LogP contribution < -0.4 is 5.32 Å². The van der Waals surface area contributed by atoms with Crippen LogP contribution in [0.1, 0.15) is 30.9 Å². The first-order chi connectivity index (χ1) is 14.0. The van der Waals surface area contributed by atoms with E-state index in [-0.39, 0.29) is 18.8 Å². The summed E-state index contributed by atoms with van der Waals surface area (Å²) in [6.45, 7) is 5.84. The summed E-state index contributed by atoms with van der Waals surface area (Å²) in [6.07, 6.45) is -2.08. The Hall–Kier alpha value is -2.24. The van der Waals surface area contributed by atoms with Gasteiger partial charge in [0, 0.05) is 31.8 Å². The first kappa shape index (κ1) is 21.5. The summed E-state index contributed by atoms with van der Waals surface area (Å²) in [6, 6.07) is 4.82. The fourth-order valence-electron chi connectivity index (χ4n) is 3.41. The zero-order chi connectivity index (χ0) is 20.7. The summed E-state index contributed by atoms with van der Waals surface area (Å²) in [5.41, 5.74) is -0.147. The average Bonchev–Trinajstić information content (AvgIpc) is 3.25. The molecule has 0 aromatic heterocycles. The van der Waals surface area contributed by atoms with Crippen LogP contribution in [0.3, 0.4) is 0 Å². The van der Waals surface area contributed by atoms with Gasteiger partial charge in [-0.3, -0.25) is 0 Å². The molecular formula is C21H26F3N3O2. The number of nitrogens with zero attached hydrogens (tertiary/aromatic N) is 2. The molecule has 2 saturated heterocycles. The molecule has 0 radical (unpaired) electrons. The topological polar surface area (TPSA) is 46.1 Å². The molecule has 2 unspecified atom stereocenters. The van der Waals surface area contributed by atoms with Gasteiger partial charge < -0.3 is 19.7 Å². The normalized spacial score (nSPS) is 22.9. The molecule has 3 rings (SSSR count). The van der Waals surface area contributed by atoms with Crippen molar-refractivity contribution in [2.24, 2.45) is 4.99 Å². The maximum atomic E-state index is 12.6. The van der Waals surface area contributed by atoms with Crippen molar-refractivity contribution in [2.45, 2.75) is 38.1 Å². The molecule has 0 saturated carbocycles. The van der Waals surface area contributed by atoms with Gasteiger partial charge in [0.2, 0.25) is 0 Å². The van der Waals surface area contributed by atoms with Gasteiger partial charge in [0.25, 0.3) is 0 Å². The maximum Gasteiger partial charge on any atom is 0.416 e. The number of nitrogens with one attached hydrogen (secondary N) is 1. The van der Waals surface area contributed by atoms with Gasteiger partial charge in [-0.1, -0.05) is 11.8 Å². The second-order valence-corrected chi connectivity index (χ2v) is 6.95. The lowest BCUT2D eigenvalue weighted by Crippen LogP contribution is -2.53. The molecule has 0 spiro atoms. The predicted octanol–water partition coefficient (Wildman–Crippen LogP) is 2.90. The second-order valence-electron chi connectivity index (χ2n) is 6.95. The predicted molar refractivity (Wildman–Crippen MR) is 105 cm³/mol. The highest BCUT2D eigenvalue weighted by atomic mass is 19.4. The number of alkyl halides is 3. The van der Waals surface area contributed by atoms with E-state index < -0.39 is 11.7 Å². The van der Waals surface area contributed by atoms with Crippen molar-refractivity contribution in [3.05, 3.63) is 35.4 Å². The Labute approximate surface area is 169 Å². The summed E-state index contributed by atoms with van der Waals surface area (Å²) in [5.74, 6) is 6.54. The number of guanidine groups is 1. The molecule has 2 heterocycles. The third-order valence-corrected chi connectivity index (χ3v) is 4.86. The van der Waals surface area contributed by atoms with Gasteiger partial charge in [-0.15, -0.1) is 0 Å². The third-order valence-electron chi connectivity index (χ3n) is 4.86. The minimum absolute atomic E-state index is 0.0355. The van der Waals surface area contributed by atoms with Gasteiger partial charge in [0.1, 0.15) is 12.6 Å². The van der Waals surface area contributed by atoms with Crippen molar-refractivity contribution in [1.29, 1.82) is 0 Å². The minimum Gasteiger partial charge on any atom is -0.375 e. The molecule has 0 bridgehead atoms. The van der Waals surface area contributed by atoms with Crippen molar-refractivity contribution in [3.8, 4) is 11.8 Å². The molecule has 158 valence electrons. The fourth-order valence-corrected chi connectivity index (χ4v) is 3.41. The van der Waals surface area contributed by atoms with Crippen LogP contribution in [-0.2, 0) is 15.7 Å². The SMILES string of the molecule is CCNC(=NCC#Cc1ccc(C(F)(F)F)cc1)N1CCOC(C2CCCO2)C1. The number of aliphatic imine (C=N–C) groups is 1. The lowest BCUT2D eigenvalue weighted by atomic mass is 10.1. The molecular weight excluding hydrogens is 383 g/mol. The molecule has 1 N–H and O–H groups in total. The van der Waals surface area contributed by atoms with Gasteiger partial charge in [0.15, 0.2) is 5.96 Å². The molecule has 1 aromatic rings. The summed E-state index contributed by atoms with van der Waals surface area (Å²) < 4.78 is 49.5. The van der Waals surface area contributed by atoms with Crippen LogP contribution in [0, 0.1) is 11.8 Å². The van der Waals surface area contributed by atoms with Gasteiger partial charge in [-0.25, -0.2) is 4.99 Å². The van der Waals surface area contributed by atoms with Gasteiger partial charge in [-0.05, 0) is 44.0 Å². The number of rotatable bonds is 3. The monoisotopic (exact) mass is 409 g/mol. The lowest BCUT2D eigenvalue weighted by molar-refractivity contribution is -0.137. The van der Waals surface area contributed by atoms with E-state index in [0.29, 0.717) is 18.7 Å². The molecule has 1 aromatic carbocycles. The Morgan fingerprint density at radius 1 is 1.21 bits per heavy atom. The van der Waals surface area contributed by atoms with E-state index in [4.69, 9.17) is 9.47 Å². The van der Waals surface area contributed by atoms with Crippen LogP contribution in [0.5, 0.6) is 0 Å². The lowest BCUT2D eigenvalue weighted by Gasteiger charge is -2.37. The third kappa shape index (κ3) is 6.12. The maximum absolute atomic E-state index is 12.6. The number of morpholine rings is 1. The molecule has 2 fully saturated rings. The highest BCUT2D eigenvalue weighted by Gasteiger charge is 2.32. The van der Waals surface area contributed by atoms with Crippen molar-refractivity contribution in [3.63, 3.8) is 0 Å². The second kappa shape index (κ2) is 9.99. The van der Waals surface area contributed by atoms with Crippen LogP contribution in [0.4, 0.5) is 13.2 Å². The number of halogens is 3. The number of hydrogen-bond acceptors (Lipinski definition) is 3. The van der Waals surface area contributed by atoms with Gasteiger partial charge >= 0.3 is 6.18 Å². The van der Waals surface area contributed by atoms with Crippen LogP contribution in [0.25, 0.3) is 0 Å². The zero-order valence-corrected chi connectivity index (χ0v) is 16.5. The Morgan fingerprint density at radius 2 is 1.97 bits per heavy atom. The summed E-state index contributed by atoms with van der Waals surface area (Å²) >= 11 is 0. The largest absolute Gasteiger partial charge is 0.416 e. The Kier molecular flexibility index (Phi) is 7.40. The Morgan fingerprint density at radius 3 is 2.62 bits per heavy atom. The zero-order valence-electron chi connectivity index (χ0n) is 16.5. The van der Waals surface area contributed by atoms with Crippen molar-refractivity contribution in [1.82, 2.24) is 10.2 Å². The summed E-state index contributed by atoms with van der Waals surface area (Å²) in [7, 11) is 0. The first-order valence-electron chi connectivity index (χ1n) is 9.90. The average molecular weight is 409 g/mol. The highest BCUT2D eigenvalue weighted by molar-refractivity contribution is 5.80. The van der Waals surface area contributed by atoms with Crippen LogP contribution in [0.15, 0.2) is 29.3 Å². The van der Waals surface area contributed by atoms with Gasteiger partial charge in [-0.2, -0.15) is 13.2 Å². The molecule has 8 heteroatoms. The van der Waals surface area contributed by atoms with Gasteiger partial charge in [0.05, 0.1) is 18.3 Å². The number of benzene rings is 1. The van der Waals surface area contributed by atoms with Crippen molar-refractivity contribution in [2.75, 3.05) is 39.4 Å². The highest BCUT2D eigenvalue weighted by Crippen LogP contribution is 2.29. The molecule has 29 heavy (non-hydrogen) atoms. The van der Waals surface area contributed by atoms with Crippen molar-refractivity contribution < 1.29 is 22.6 Å². The number of ether oxygens (including phenoxy) is 2. The van der Waals surface area contributed by atoms with E-state index in [0.717, 1.165) is 50.6 Å². The standard InChI is InChI=1S/C21H26F3N3O2/c1-2-25-20(27-12-14-29-19(15-27)18-6-4-13-28-18)26-11-3-5-16-7-9-17(10-8-16)21(22,23)24/h7-10,18-19H,2,4,6,11-15H2,1H3,(H,25,26). The van der Waals surface area contributed by atoms with Crippen molar-refractivity contribution >= 4 is 5.96 Å². The summed E-state index contributed by atoms with van der Waals surface area (Å²) in [4.78, 5) is 6.70. The molecule has 2 atom stereocenters. The van der Waals surface area contributed by atoms with E-state index >= 15 is 0 Å². The minimum atomic E-state index is -4.34. The molecule has 2 aliphatic rings. The number of hydrogen-bond donors (Lipinski definition) is 1. The van der Waals surface area contributed by atoms with E-state index in [1.807, 2.05) is 6.92 Å². The van der Waals surface area contributed by atoms with Crippen LogP contribution in [-0.4, -0.2) is 62.5 Å². The fraction of sp³-hybridized carbons (Fsp3) is 0.571. The van der Waals surface area contributed by atoms with E-state index in [1.165, 1.54) is 12.1 Å². The molecule has 0 amide bonds. The Balaban J connectivity index is 1.60. The van der Waals surface area contributed by atoms with Crippen LogP contribution in [0.2, 0.25) is 0 Å². The first-order valence-corrected chi connectivity index (χ1v) is 9.90. The van der Waals surface area contributed by atoms with E-state index in [1.54, 1.807) is 0 Å². The summed E-state index contributed by atoms with van der Waals surface area (Å²) in [5, 5.41) is 3.27. The van der Waals surface area contributed by atoms with E-state index in [2.05, 4.69) is 27.0 Å². The van der Waals surface area contributed by atoms with E-state index in [9.17, 15) is 13.2 Å². The molecule has 0 aliphatic carbocycles. The Bertz CT molecular complexity index is 747. The van der Waals surface area contributed by atoms with Crippen LogP contribution >= 0.6 is 0 Å². The molecule has 2 aliphatic heterocycles. The quantitative estimate of drug-likeness (QED) is 0.474. The smallest absolute Gasteiger partial charge is 0.375 e.